The molecule has 0 aromatic heterocycles. The Hall–Kier alpha value is -0.810. The van der Waals surface area contributed by atoms with Crippen LogP contribution in [0.15, 0.2) is 0 Å². The fourth-order valence-corrected chi connectivity index (χ4v) is 3.00. The predicted molar refractivity (Wildman–Crippen MR) is 72.4 cm³/mol. The number of carbonyl (C=O) groups excluding carboxylic acids is 1. The number of urea groups is 1. The number of hydrogen-bond acceptors (Lipinski definition) is 3. The fourth-order valence-electron chi connectivity index (χ4n) is 3.00. The summed E-state index contributed by atoms with van der Waals surface area (Å²) < 4.78 is 0. The largest absolute Gasteiger partial charge is 0.351 e. The molecule has 104 valence electrons. The maximum Gasteiger partial charge on any atom is 0.314 e. The number of rotatable bonds is 4. The maximum atomic E-state index is 11.0. The van der Waals surface area contributed by atoms with Crippen LogP contribution >= 0.6 is 0 Å². The summed E-state index contributed by atoms with van der Waals surface area (Å²) >= 11 is 0. The molecule has 2 heterocycles. The topological polar surface area (TPSA) is 61.6 Å². The lowest BCUT2D eigenvalue weighted by Gasteiger charge is -2.31. The summed E-state index contributed by atoms with van der Waals surface area (Å²) in [7, 11) is 0. The maximum absolute atomic E-state index is 11.0. The second-order valence-electron chi connectivity index (χ2n) is 5.56. The fraction of sp³-hybridized carbons (Fsp3) is 0.923. The lowest BCUT2D eigenvalue weighted by molar-refractivity contribution is 0.184. The van der Waals surface area contributed by atoms with Crippen LogP contribution in [0.1, 0.15) is 26.2 Å². The van der Waals surface area contributed by atoms with Crippen molar-refractivity contribution in [2.45, 2.75) is 32.2 Å². The third kappa shape index (κ3) is 3.59. The number of nitrogens with two attached hydrogens (primary N) is 1. The van der Waals surface area contributed by atoms with Crippen LogP contribution in [0.5, 0.6) is 0 Å². The first-order valence-electron chi connectivity index (χ1n) is 7.19. The highest BCUT2D eigenvalue weighted by atomic mass is 16.2. The Kier molecular flexibility index (Phi) is 4.83. The molecule has 0 saturated carbocycles. The minimum atomic E-state index is -0.275. The van der Waals surface area contributed by atoms with E-state index in [0.717, 1.165) is 38.4 Å². The number of carbonyl (C=O) groups is 1. The number of hydrogen-bond donors (Lipinski definition) is 2. The summed E-state index contributed by atoms with van der Waals surface area (Å²) in [4.78, 5) is 15.3. The van der Waals surface area contributed by atoms with E-state index in [2.05, 4.69) is 17.1 Å². The van der Waals surface area contributed by atoms with E-state index >= 15 is 0 Å². The van der Waals surface area contributed by atoms with Gasteiger partial charge < -0.3 is 20.9 Å². The molecule has 2 amide bonds. The first-order chi connectivity index (χ1) is 8.69. The van der Waals surface area contributed by atoms with E-state index in [4.69, 9.17) is 5.73 Å². The van der Waals surface area contributed by atoms with Crippen molar-refractivity contribution in [3.8, 4) is 0 Å². The first kappa shape index (κ1) is 13.6. The van der Waals surface area contributed by atoms with Gasteiger partial charge in [-0.3, -0.25) is 0 Å². The first-order valence-corrected chi connectivity index (χ1v) is 7.19. The van der Waals surface area contributed by atoms with E-state index < -0.39 is 0 Å². The summed E-state index contributed by atoms with van der Waals surface area (Å²) in [5.74, 6) is 0.805. The van der Waals surface area contributed by atoms with Crippen LogP contribution in [0.2, 0.25) is 0 Å². The van der Waals surface area contributed by atoms with Crippen molar-refractivity contribution in [1.82, 2.24) is 15.1 Å². The molecule has 0 aromatic rings. The van der Waals surface area contributed by atoms with Crippen LogP contribution in [-0.2, 0) is 0 Å². The molecule has 2 rings (SSSR count). The van der Waals surface area contributed by atoms with Gasteiger partial charge in [0.25, 0.3) is 0 Å². The Balaban J connectivity index is 1.62. The van der Waals surface area contributed by atoms with Crippen molar-refractivity contribution < 1.29 is 4.79 Å². The van der Waals surface area contributed by atoms with Crippen molar-refractivity contribution in [3.05, 3.63) is 0 Å². The Morgan fingerprint density at radius 3 is 2.56 bits per heavy atom. The molecule has 0 aliphatic carbocycles. The van der Waals surface area contributed by atoms with Crippen molar-refractivity contribution in [2.75, 3.05) is 39.3 Å². The van der Waals surface area contributed by atoms with Gasteiger partial charge >= 0.3 is 6.03 Å². The molecule has 0 aromatic carbocycles. The third-order valence-corrected chi connectivity index (χ3v) is 4.32. The second kappa shape index (κ2) is 6.38. The molecular formula is C13H26N4O. The second-order valence-corrected chi connectivity index (χ2v) is 5.56. The highest BCUT2D eigenvalue weighted by Gasteiger charge is 2.24. The van der Waals surface area contributed by atoms with E-state index in [0.29, 0.717) is 6.04 Å². The van der Waals surface area contributed by atoms with Crippen molar-refractivity contribution >= 4 is 6.03 Å². The zero-order valence-corrected chi connectivity index (χ0v) is 11.4. The summed E-state index contributed by atoms with van der Waals surface area (Å²) in [6.07, 6.45) is 3.39. The molecule has 1 atom stereocenters. The number of nitrogens with zero attached hydrogens (tertiary/aromatic N) is 2. The van der Waals surface area contributed by atoms with Crippen LogP contribution in [0, 0.1) is 5.92 Å². The van der Waals surface area contributed by atoms with Gasteiger partial charge in [0, 0.05) is 25.7 Å². The SMILES string of the molecule is CCN1CCC(CNC2CCN(C(N)=O)CC2)C1. The monoisotopic (exact) mass is 254 g/mol. The Labute approximate surface area is 110 Å². The highest BCUT2D eigenvalue weighted by Crippen LogP contribution is 2.16. The van der Waals surface area contributed by atoms with E-state index in [1.165, 1.54) is 26.1 Å². The van der Waals surface area contributed by atoms with Gasteiger partial charge in [0.1, 0.15) is 0 Å². The molecule has 2 aliphatic heterocycles. The van der Waals surface area contributed by atoms with Gasteiger partial charge in [-0.15, -0.1) is 0 Å². The zero-order chi connectivity index (χ0) is 13.0. The molecule has 2 aliphatic rings. The molecule has 0 bridgehead atoms. The van der Waals surface area contributed by atoms with Gasteiger partial charge in [-0.05, 0) is 44.8 Å². The predicted octanol–water partition coefficient (Wildman–Crippen LogP) is 0.461. The van der Waals surface area contributed by atoms with Gasteiger partial charge in [0.2, 0.25) is 0 Å². The summed E-state index contributed by atoms with van der Waals surface area (Å²) in [6, 6.07) is 0.291. The van der Waals surface area contributed by atoms with Crippen LogP contribution in [0.3, 0.4) is 0 Å². The minimum absolute atomic E-state index is 0.275. The minimum Gasteiger partial charge on any atom is -0.351 e. The smallest absolute Gasteiger partial charge is 0.314 e. The van der Waals surface area contributed by atoms with Gasteiger partial charge in [-0.25, -0.2) is 4.79 Å². The van der Waals surface area contributed by atoms with Crippen molar-refractivity contribution in [1.29, 1.82) is 0 Å². The Bertz CT molecular complexity index is 276. The van der Waals surface area contributed by atoms with E-state index in [1.807, 2.05) is 0 Å². The molecule has 3 N–H and O–H groups in total. The lowest BCUT2D eigenvalue weighted by Crippen LogP contribution is -2.47. The molecule has 2 saturated heterocycles. The molecule has 2 fully saturated rings. The molecule has 0 radical (unpaired) electrons. The van der Waals surface area contributed by atoms with Crippen LogP contribution in [0.25, 0.3) is 0 Å². The molecule has 5 nitrogen and oxygen atoms in total. The standard InChI is InChI=1S/C13H26N4O/c1-2-16-6-3-11(10-16)9-15-12-4-7-17(8-5-12)13(14)18/h11-12,15H,2-10H2,1H3,(H2,14,18). The van der Waals surface area contributed by atoms with Gasteiger partial charge in [0.05, 0.1) is 0 Å². The summed E-state index contributed by atoms with van der Waals surface area (Å²) in [6.45, 7) is 8.63. The normalized spacial score (nSPS) is 26.7. The molecule has 1 unspecified atom stereocenters. The molecule has 5 heteroatoms. The number of amides is 2. The van der Waals surface area contributed by atoms with E-state index in [-0.39, 0.29) is 6.03 Å². The molecular weight excluding hydrogens is 228 g/mol. The lowest BCUT2D eigenvalue weighted by atomic mass is 10.0. The number of nitrogens with one attached hydrogen (secondary N) is 1. The van der Waals surface area contributed by atoms with Crippen molar-refractivity contribution in [3.63, 3.8) is 0 Å². The highest BCUT2D eigenvalue weighted by molar-refractivity contribution is 5.72. The van der Waals surface area contributed by atoms with Gasteiger partial charge in [0.15, 0.2) is 0 Å². The number of likely N-dealkylation sites (tertiary alicyclic amines) is 2. The summed E-state index contributed by atoms with van der Waals surface area (Å²) in [5, 5.41) is 3.66. The van der Waals surface area contributed by atoms with Crippen molar-refractivity contribution in [2.24, 2.45) is 11.7 Å². The third-order valence-electron chi connectivity index (χ3n) is 4.32. The Morgan fingerprint density at radius 2 is 2.00 bits per heavy atom. The van der Waals surface area contributed by atoms with Gasteiger partial charge in [-0.1, -0.05) is 6.92 Å². The summed E-state index contributed by atoms with van der Waals surface area (Å²) in [5.41, 5.74) is 5.28. The Morgan fingerprint density at radius 1 is 1.28 bits per heavy atom. The van der Waals surface area contributed by atoms with Crippen LogP contribution in [-0.4, -0.2) is 61.1 Å². The van der Waals surface area contributed by atoms with E-state index in [1.54, 1.807) is 4.90 Å². The number of piperidine rings is 1. The number of primary amides is 1. The van der Waals surface area contributed by atoms with E-state index in [9.17, 15) is 4.79 Å². The average Bonchev–Trinajstić information content (AvgIpc) is 2.85. The average molecular weight is 254 g/mol. The van der Waals surface area contributed by atoms with Gasteiger partial charge in [-0.2, -0.15) is 0 Å². The van der Waals surface area contributed by atoms with Crippen LogP contribution in [0.4, 0.5) is 4.79 Å². The zero-order valence-electron chi connectivity index (χ0n) is 11.4. The molecule has 18 heavy (non-hydrogen) atoms. The van der Waals surface area contributed by atoms with Crippen LogP contribution < -0.4 is 11.1 Å². The molecule has 0 spiro atoms. The quantitative estimate of drug-likeness (QED) is 0.766.